The van der Waals surface area contributed by atoms with Crippen molar-refractivity contribution in [1.29, 1.82) is 0 Å². The van der Waals surface area contributed by atoms with Gasteiger partial charge in [-0.3, -0.25) is 5.10 Å². The highest BCUT2D eigenvalue weighted by atomic mass is 16.5. The first-order valence-corrected chi connectivity index (χ1v) is 10.4. The van der Waals surface area contributed by atoms with Crippen molar-refractivity contribution in [1.82, 2.24) is 30.1 Å². The number of aryl methyl sites for hydroxylation is 1. The fourth-order valence-corrected chi connectivity index (χ4v) is 4.38. The summed E-state index contributed by atoms with van der Waals surface area (Å²) in [5, 5.41) is 19.8. The Morgan fingerprint density at radius 3 is 2.71 bits per heavy atom. The summed E-state index contributed by atoms with van der Waals surface area (Å²) in [6.07, 6.45) is 1.85. The van der Waals surface area contributed by atoms with Gasteiger partial charge in [0.05, 0.1) is 29.9 Å². The fraction of sp³-hybridized carbons (Fsp3) is 0.381. The highest BCUT2D eigenvalue weighted by Gasteiger charge is 2.23. The molecule has 0 bridgehead atoms. The number of benzene rings is 1. The Bertz CT molecular complexity index is 1250. The number of hydrogen-bond acceptors (Lipinski definition) is 8. The molecule has 31 heavy (non-hydrogen) atoms. The van der Waals surface area contributed by atoms with Crippen molar-refractivity contribution in [3.8, 4) is 5.75 Å². The number of nitrogen functional groups attached to an aromatic ring is 1. The molecule has 1 aliphatic rings. The largest absolute Gasteiger partial charge is 0.493 e. The maximum absolute atomic E-state index is 6.48. The van der Waals surface area contributed by atoms with Crippen molar-refractivity contribution < 1.29 is 4.74 Å². The van der Waals surface area contributed by atoms with E-state index in [9.17, 15) is 0 Å². The van der Waals surface area contributed by atoms with E-state index in [1.807, 2.05) is 19.2 Å². The summed E-state index contributed by atoms with van der Waals surface area (Å²) in [7, 11) is 1.62. The highest BCUT2D eigenvalue weighted by Crippen LogP contribution is 2.34. The third-order valence-corrected chi connectivity index (χ3v) is 5.58. The second-order valence-corrected chi connectivity index (χ2v) is 8.28. The predicted octanol–water partition coefficient (Wildman–Crippen LogP) is 2.44. The number of nitrogens with one attached hydrogen (secondary N) is 3. The van der Waals surface area contributed by atoms with E-state index in [4.69, 9.17) is 10.5 Å². The Labute approximate surface area is 179 Å². The second-order valence-electron chi connectivity index (χ2n) is 8.28. The molecular weight excluding hydrogens is 394 g/mol. The molecule has 10 nitrogen and oxygen atoms in total. The highest BCUT2D eigenvalue weighted by molar-refractivity contribution is 6.02. The third-order valence-electron chi connectivity index (χ3n) is 5.58. The first-order valence-electron chi connectivity index (χ1n) is 10.4. The number of aromatic nitrogens is 5. The standard InChI is InChI=1S/C21H27N9O/c1-11-8-29(9-12(2)23-11)14-5-15(22)19-16(6-14)26-27-20(19)25-18-7-17(31-4)21-24-13(3)10-30(21)28-18/h5-7,10-12,23H,8-9,22H2,1-4H3,(H2,25,26,27,28)/t11-,12-/m0/s1. The molecule has 3 aromatic heterocycles. The van der Waals surface area contributed by atoms with Crippen LogP contribution in [0.3, 0.4) is 0 Å². The first-order chi connectivity index (χ1) is 14.9. The van der Waals surface area contributed by atoms with Crippen LogP contribution in [0.2, 0.25) is 0 Å². The SMILES string of the molecule is COc1cc(Nc2n[nH]c3cc(N4C[C@H](C)N[C@@H](C)C4)cc(N)c23)nn2cc(C)nc12. The van der Waals surface area contributed by atoms with Gasteiger partial charge < -0.3 is 26.0 Å². The molecule has 0 saturated carbocycles. The molecular formula is C21H27N9O. The van der Waals surface area contributed by atoms with Crippen LogP contribution in [0.1, 0.15) is 19.5 Å². The van der Waals surface area contributed by atoms with E-state index in [0.717, 1.165) is 35.4 Å². The van der Waals surface area contributed by atoms with Crippen molar-refractivity contribution in [2.45, 2.75) is 32.9 Å². The zero-order valence-corrected chi connectivity index (χ0v) is 18.1. The summed E-state index contributed by atoms with van der Waals surface area (Å²) in [5.41, 5.74) is 10.6. The van der Waals surface area contributed by atoms with Crippen LogP contribution in [-0.4, -0.2) is 57.1 Å². The van der Waals surface area contributed by atoms with Gasteiger partial charge in [0.2, 0.25) is 0 Å². The molecule has 1 saturated heterocycles. The van der Waals surface area contributed by atoms with Gasteiger partial charge in [-0.25, -0.2) is 9.50 Å². The maximum atomic E-state index is 6.48. The fourth-order valence-electron chi connectivity index (χ4n) is 4.38. The van der Waals surface area contributed by atoms with Crippen molar-refractivity contribution in [2.75, 3.05) is 36.1 Å². The number of imidazole rings is 1. The Hall–Kier alpha value is -3.53. The molecule has 0 aliphatic carbocycles. The van der Waals surface area contributed by atoms with E-state index in [0.29, 0.717) is 40.8 Å². The van der Waals surface area contributed by atoms with E-state index in [1.54, 1.807) is 17.7 Å². The molecule has 2 atom stereocenters. The number of H-pyrrole nitrogens is 1. The lowest BCUT2D eigenvalue weighted by Gasteiger charge is -2.37. The van der Waals surface area contributed by atoms with Gasteiger partial charge in [-0.05, 0) is 32.9 Å². The van der Waals surface area contributed by atoms with Crippen LogP contribution >= 0.6 is 0 Å². The quantitative estimate of drug-likeness (QED) is 0.371. The van der Waals surface area contributed by atoms with Gasteiger partial charge in [0, 0.05) is 42.6 Å². The lowest BCUT2D eigenvalue weighted by molar-refractivity contribution is 0.407. The first kappa shape index (κ1) is 19.4. The van der Waals surface area contributed by atoms with Crippen LogP contribution in [0.25, 0.3) is 16.6 Å². The van der Waals surface area contributed by atoms with E-state index in [1.165, 1.54) is 0 Å². The van der Waals surface area contributed by atoms with Crippen LogP contribution in [0.4, 0.5) is 23.0 Å². The molecule has 10 heteroatoms. The number of nitrogens with two attached hydrogens (primary N) is 1. The average Bonchev–Trinajstić information content (AvgIpc) is 3.29. The normalized spacial score (nSPS) is 19.3. The molecule has 162 valence electrons. The van der Waals surface area contributed by atoms with Gasteiger partial charge in [0.1, 0.15) is 0 Å². The van der Waals surface area contributed by atoms with Crippen LogP contribution in [0, 0.1) is 6.92 Å². The Morgan fingerprint density at radius 2 is 1.97 bits per heavy atom. The second kappa shape index (κ2) is 7.31. The van der Waals surface area contributed by atoms with Gasteiger partial charge >= 0.3 is 0 Å². The Morgan fingerprint density at radius 1 is 1.19 bits per heavy atom. The number of methoxy groups -OCH3 is 1. The van der Waals surface area contributed by atoms with E-state index < -0.39 is 0 Å². The molecule has 0 spiro atoms. The number of rotatable bonds is 4. The lowest BCUT2D eigenvalue weighted by atomic mass is 10.1. The van der Waals surface area contributed by atoms with Gasteiger partial charge in [-0.1, -0.05) is 0 Å². The Kier molecular flexibility index (Phi) is 4.58. The number of aromatic amines is 1. The van der Waals surface area contributed by atoms with Crippen molar-refractivity contribution in [3.05, 3.63) is 30.1 Å². The number of anilines is 4. The number of ether oxygens (including phenoxy) is 1. The van der Waals surface area contributed by atoms with Crippen LogP contribution in [-0.2, 0) is 0 Å². The molecule has 1 fully saturated rings. The smallest absolute Gasteiger partial charge is 0.196 e. The molecule has 0 amide bonds. The summed E-state index contributed by atoms with van der Waals surface area (Å²) in [6.45, 7) is 8.18. The molecule has 1 aliphatic heterocycles. The van der Waals surface area contributed by atoms with Gasteiger partial charge in [-0.2, -0.15) is 5.10 Å². The minimum absolute atomic E-state index is 0.419. The predicted molar refractivity (Wildman–Crippen MR) is 122 cm³/mol. The maximum Gasteiger partial charge on any atom is 0.196 e. The number of hydrogen-bond donors (Lipinski definition) is 4. The van der Waals surface area contributed by atoms with E-state index in [2.05, 4.69) is 55.7 Å². The zero-order valence-electron chi connectivity index (χ0n) is 18.1. The van der Waals surface area contributed by atoms with E-state index >= 15 is 0 Å². The van der Waals surface area contributed by atoms with Gasteiger partial charge in [0.25, 0.3) is 0 Å². The van der Waals surface area contributed by atoms with Crippen molar-refractivity contribution in [2.24, 2.45) is 0 Å². The summed E-state index contributed by atoms with van der Waals surface area (Å²) in [4.78, 5) is 6.81. The average molecular weight is 422 g/mol. The molecule has 5 N–H and O–H groups in total. The summed E-state index contributed by atoms with van der Waals surface area (Å²) in [6, 6.07) is 6.76. The Balaban J connectivity index is 1.50. The lowest BCUT2D eigenvalue weighted by Crippen LogP contribution is -2.54. The van der Waals surface area contributed by atoms with Crippen LogP contribution in [0.5, 0.6) is 5.75 Å². The molecule has 5 rings (SSSR count). The van der Waals surface area contributed by atoms with E-state index in [-0.39, 0.29) is 0 Å². The summed E-state index contributed by atoms with van der Waals surface area (Å²) >= 11 is 0. The minimum atomic E-state index is 0.419. The van der Waals surface area contributed by atoms with Gasteiger partial charge in [-0.15, -0.1) is 5.10 Å². The van der Waals surface area contributed by atoms with Crippen LogP contribution < -0.4 is 26.0 Å². The third kappa shape index (κ3) is 3.48. The molecule has 0 radical (unpaired) electrons. The number of nitrogens with zero attached hydrogens (tertiary/aromatic N) is 5. The minimum Gasteiger partial charge on any atom is -0.493 e. The summed E-state index contributed by atoms with van der Waals surface area (Å²) < 4.78 is 7.18. The van der Waals surface area contributed by atoms with Crippen molar-refractivity contribution in [3.63, 3.8) is 0 Å². The van der Waals surface area contributed by atoms with Crippen LogP contribution in [0.15, 0.2) is 24.4 Å². The van der Waals surface area contributed by atoms with Crippen molar-refractivity contribution >= 4 is 39.6 Å². The zero-order chi connectivity index (χ0) is 21.7. The number of fused-ring (bicyclic) bond motifs is 2. The monoisotopic (exact) mass is 421 g/mol. The van der Waals surface area contributed by atoms with Gasteiger partial charge in [0.15, 0.2) is 23.0 Å². The molecule has 4 aromatic rings. The topological polar surface area (TPSA) is 121 Å². The molecule has 1 aromatic carbocycles. The number of piperazine rings is 1. The molecule has 0 unspecified atom stereocenters. The molecule has 4 heterocycles. The summed E-state index contributed by atoms with van der Waals surface area (Å²) in [5.74, 6) is 1.83.